The third kappa shape index (κ3) is 2.87. The fraction of sp³-hybridized carbons (Fsp3) is 0.250. The van der Waals surface area contributed by atoms with Gasteiger partial charge >= 0.3 is 5.97 Å². The molecule has 0 aliphatic carbocycles. The molecule has 0 radical (unpaired) electrons. The van der Waals surface area contributed by atoms with Crippen LogP contribution in [0.2, 0.25) is 0 Å². The van der Waals surface area contributed by atoms with Gasteiger partial charge in [0, 0.05) is 35.5 Å². The monoisotopic (exact) mass is 337 g/mol. The zero-order chi connectivity index (χ0) is 17.4. The fourth-order valence-electron chi connectivity index (χ4n) is 3.37. The van der Waals surface area contributed by atoms with Gasteiger partial charge in [0.05, 0.1) is 11.8 Å². The van der Waals surface area contributed by atoms with Crippen LogP contribution in [0.15, 0.2) is 53.1 Å². The molecule has 0 saturated heterocycles. The van der Waals surface area contributed by atoms with Gasteiger partial charge in [0.15, 0.2) is 0 Å². The number of fused-ring (bicyclic) bond motifs is 2. The molecule has 5 nitrogen and oxygen atoms in total. The summed E-state index contributed by atoms with van der Waals surface area (Å²) in [6, 6.07) is 13.1. The Morgan fingerprint density at radius 3 is 2.96 bits per heavy atom. The van der Waals surface area contributed by atoms with Crippen molar-refractivity contribution < 1.29 is 19.1 Å². The lowest BCUT2D eigenvalue weighted by Crippen LogP contribution is -2.31. The van der Waals surface area contributed by atoms with Crippen LogP contribution in [0.5, 0.6) is 5.75 Å². The third-order valence-corrected chi connectivity index (χ3v) is 4.80. The summed E-state index contributed by atoms with van der Waals surface area (Å²) in [4.78, 5) is 11.1. The number of hydrogen-bond donors (Lipinski definition) is 2. The minimum absolute atomic E-state index is 0.0187. The van der Waals surface area contributed by atoms with Gasteiger partial charge in [0.25, 0.3) is 0 Å². The van der Waals surface area contributed by atoms with Gasteiger partial charge < -0.3 is 19.6 Å². The van der Waals surface area contributed by atoms with Gasteiger partial charge in [-0.15, -0.1) is 0 Å². The first-order valence-corrected chi connectivity index (χ1v) is 8.33. The quantitative estimate of drug-likeness (QED) is 0.741. The Morgan fingerprint density at radius 1 is 1.24 bits per heavy atom. The van der Waals surface area contributed by atoms with E-state index in [1.807, 2.05) is 24.3 Å². The molecule has 0 fully saturated rings. The molecule has 0 amide bonds. The molecule has 0 bridgehead atoms. The van der Waals surface area contributed by atoms with Crippen molar-refractivity contribution in [1.82, 2.24) is 5.32 Å². The summed E-state index contributed by atoms with van der Waals surface area (Å²) in [5.74, 6) is 0.00163. The van der Waals surface area contributed by atoms with Crippen molar-refractivity contribution in [2.24, 2.45) is 0 Å². The number of hydrogen-bond acceptors (Lipinski definition) is 4. The van der Waals surface area contributed by atoms with Crippen molar-refractivity contribution in [1.29, 1.82) is 0 Å². The summed E-state index contributed by atoms with van der Waals surface area (Å²) in [7, 11) is 0. The largest absolute Gasteiger partial charge is 0.488 e. The van der Waals surface area contributed by atoms with Crippen molar-refractivity contribution >= 4 is 16.9 Å². The SMILES string of the molecule is C[C@H]1c2cc(C(=O)O)ccc2O[C@H]1CNCc1cccc2ccoc12. The van der Waals surface area contributed by atoms with Gasteiger partial charge in [-0.2, -0.15) is 0 Å². The molecule has 1 aliphatic rings. The van der Waals surface area contributed by atoms with Crippen molar-refractivity contribution in [2.45, 2.75) is 25.5 Å². The summed E-state index contributed by atoms with van der Waals surface area (Å²) < 4.78 is 11.5. The average Bonchev–Trinajstić information content (AvgIpc) is 3.20. The molecule has 0 spiro atoms. The molecule has 1 aromatic heterocycles. The average molecular weight is 337 g/mol. The van der Waals surface area contributed by atoms with E-state index in [2.05, 4.69) is 12.2 Å². The second-order valence-corrected chi connectivity index (χ2v) is 6.39. The van der Waals surface area contributed by atoms with Crippen molar-refractivity contribution in [3.8, 4) is 5.75 Å². The van der Waals surface area contributed by atoms with Crippen LogP contribution in [0.4, 0.5) is 0 Å². The molecule has 4 rings (SSSR count). The first-order valence-electron chi connectivity index (χ1n) is 8.33. The molecule has 1 aliphatic heterocycles. The summed E-state index contributed by atoms with van der Waals surface area (Å²) in [5, 5.41) is 13.7. The summed E-state index contributed by atoms with van der Waals surface area (Å²) in [6.07, 6.45) is 1.68. The summed E-state index contributed by atoms with van der Waals surface area (Å²) in [5.41, 5.74) is 3.27. The van der Waals surface area contributed by atoms with Crippen LogP contribution in [-0.2, 0) is 6.54 Å². The highest BCUT2D eigenvalue weighted by atomic mass is 16.5. The minimum atomic E-state index is -0.914. The predicted octanol–water partition coefficient (Wildman–Crippen LogP) is 3.79. The van der Waals surface area contributed by atoms with E-state index in [4.69, 9.17) is 14.3 Å². The molecule has 2 heterocycles. The molecule has 2 atom stereocenters. The molecular formula is C20H19NO4. The van der Waals surface area contributed by atoms with E-state index in [9.17, 15) is 4.79 Å². The Morgan fingerprint density at radius 2 is 2.12 bits per heavy atom. The summed E-state index contributed by atoms with van der Waals surface area (Å²) in [6.45, 7) is 3.43. The third-order valence-electron chi connectivity index (χ3n) is 4.80. The maximum absolute atomic E-state index is 11.1. The molecule has 0 unspecified atom stereocenters. The Balaban J connectivity index is 1.42. The molecule has 25 heavy (non-hydrogen) atoms. The van der Waals surface area contributed by atoms with Crippen molar-refractivity contribution in [3.05, 3.63) is 65.4 Å². The number of benzene rings is 2. The number of carboxylic acid groups (broad SMARTS) is 1. The van der Waals surface area contributed by atoms with E-state index >= 15 is 0 Å². The van der Waals surface area contributed by atoms with Crippen LogP contribution >= 0.6 is 0 Å². The Bertz CT molecular complexity index is 930. The van der Waals surface area contributed by atoms with E-state index < -0.39 is 5.97 Å². The molecule has 5 heteroatoms. The number of carboxylic acids is 1. The second kappa shape index (κ2) is 6.26. The van der Waals surface area contributed by atoms with E-state index in [0.29, 0.717) is 18.7 Å². The normalized spacial score (nSPS) is 18.9. The van der Waals surface area contributed by atoms with Crippen LogP contribution in [0.3, 0.4) is 0 Å². The number of rotatable bonds is 5. The second-order valence-electron chi connectivity index (χ2n) is 6.39. The topological polar surface area (TPSA) is 71.7 Å². The highest BCUT2D eigenvalue weighted by Gasteiger charge is 2.31. The molecule has 2 aromatic carbocycles. The van der Waals surface area contributed by atoms with Gasteiger partial charge in [-0.25, -0.2) is 4.79 Å². The number of para-hydroxylation sites is 1. The van der Waals surface area contributed by atoms with Gasteiger partial charge in [-0.1, -0.05) is 25.1 Å². The van der Waals surface area contributed by atoms with Gasteiger partial charge in [0.1, 0.15) is 17.4 Å². The minimum Gasteiger partial charge on any atom is -0.488 e. The maximum atomic E-state index is 11.1. The number of ether oxygens (including phenoxy) is 1. The Hall–Kier alpha value is -2.79. The van der Waals surface area contributed by atoms with E-state index in [1.54, 1.807) is 24.5 Å². The summed E-state index contributed by atoms with van der Waals surface area (Å²) >= 11 is 0. The first kappa shape index (κ1) is 15.7. The van der Waals surface area contributed by atoms with E-state index in [1.165, 1.54) is 0 Å². The lowest BCUT2D eigenvalue weighted by molar-refractivity contribution is 0.0697. The van der Waals surface area contributed by atoms with Crippen LogP contribution in [-0.4, -0.2) is 23.7 Å². The van der Waals surface area contributed by atoms with Crippen LogP contribution < -0.4 is 10.1 Å². The molecule has 2 N–H and O–H groups in total. The number of nitrogens with one attached hydrogen (secondary N) is 1. The van der Waals surface area contributed by atoms with Crippen molar-refractivity contribution in [3.63, 3.8) is 0 Å². The molecular weight excluding hydrogens is 318 g/mol. The maximum Gasteiger partial charge on any atom is 0.335 e. The predicted molar refractivity (Wildman–Crippen MR) is 94.2 cm³/mol. The fourth-order valence-corrected chi connectivity index (χ4v) is 3.37. The van der Waals surface area contributed by atoms with Crippen LogP contribution in [0, 0.1) is 0 Å². The highest BCUT2D eigenvalue weighted by Crippen LogP contribution is 2.38. The Kier molecular flexibility index (Phi) is 3.93. The number of carbonyl (C=O) groups is 1. The van der Waals surface area contributed by atoms with Crippen LogP contribution in [0.1, 0.15) is 34.3 Å². The first-order chi connectivity index (χ1) is 12.1. The smallest absolute Gasteiger partial charge is 0.335 e. The molecule has 3 aromatic rings. The lowest BCUT2D eigenvalue weighted by atomic mass is 9.96. The standard InChI is InChI=1S/C20H19NO4/c1-12-16-9-14(20(22)23)5-6-17(16)25-18(12)11-21-10-15-4-2-3-13-7-8-24-19(13)15/h2-9,12,18,21H,10-11H2,1H3,(H,22,23)/t12-,18-/m0/s1. The van der Waals surface area contributed by atoms with Crippen LogP contribution in [0.25, 0.3) is 11.0 Å². The van der Waals surface area contributed by atoms with Gasteiger partial charge in [0.2, 0.25) is 0 Å². The molecule has 0 saturated carbocycles. The van der Waals surface area contributed by atoms with Gasteiger partial charge in [-0.3, -0.25) is 0 Å². The van der Waals surface area contributed by atoms with Gasteiger partial charge in [-0.05, 0) is 24.3 Å². The molecule has 128 valence electrons. The number of furan rings is 1. The van der Waals surface area contributed by atoms with E-state index in [0.717, 1.165) is 27.8 Å². The lowest BCUT2D eigenvalue weighted by Gasteiger charge is -2.16. The highest BCUT2D eigenvalue weighted by molar-refractivity contribution is 5.88. The Labute approximate surface area is 145 Å². The van der Waals surface area contributed by atoms with Crippen molar-refractivity contribution in [2.75, 3.05) is 6.54 Å². The zero-order valence-electron chi connectivity index (χ0n) is 13.9. The zero-order valence-corrected chi connectivity index (χ0v) is 13.9. The van der Waals surface area contributed by atoms with E-state index in [-0.39, 0.29) is 12.0 Å². The number of aromatic carboxylic acids is 1.